The molecule has 0 atom stereocenters. The van der Waals surface area contributed by atoms with Crippen molar-refractivity contribution in [3.05, 3.63) is 47.5 Å². The van der Waals surface area contributed by atoms with Crippen molar-refractivity contribution in [3.63, 3.8) is 0 Å². The van der Waals surface area contributed by atoms with Crippen LogP contribution in [0.15, 0.2) is 30.3 Å². The molecule has 2 aromatic rings. The number of halogens is 1. The number of hydrogen-bond donors (Lipinski definition) is 2. The zero-order valence-corrected chi connectivity index (χ0v) is 11.6. The number of para-hydroxylation sites is 1. The van der Waals surface area contributed by atoms with Gasteiger partial charge in [0, 0.05) is 11.7 Å². The van der Waals surface area contributed by atoms with E-state index in [-0.39, 0.29) is 11.4 Å². The van der Waals surface area contributed by atoms with Crippen LogP contribution in [0.4, 0.5) is 16.0 Å². The van der Waals surface area contributed by atoms with Gasteiger partial charge in [-0.25, -0.2) is 14.4 Å². The van der Waals surface area contributed by atoms with Crippen LogP contribution in [0.5, 0.6) is 0 Å². The molecule has 1 aromatic heterocycles. The Bertz CT molecular complexity index is 685. The van der Waals surface area contributed by atoms with E-state index in [9.17, 15) is 9.18 Å². The van der Waals surface area contributed by atoms with Gasteiger partial charge in [0.05, 0.1) is 5.69 Å². The Balaban J connectivity index is 1.80. The number of nitrogens with zero attached hydrogens (tertiary/aromatic N) is 2. The molecular weight excluding hydrogens is 271 g/mol. The first-order valence-electron chi connectivity index (χ1n) is 6.80. The van der Waals surface area contributed by atoms with E-state index in [1.165, 1.54) is 12.1 Å². The molecule has 1 heterocycles. The highest BCUT2D eigenvalue weighted by atomic mass is 19.1. The Morgan fingerprint density at radius 3 is 2.76 bits per heavy atom. The number of nitrogens with one attached hydrogen (secondary N) is 2. The molecule has 6 heteroatoms. The average molecular weight is 286 g/mol. The maximum Gasteiger partial charge on any atom is 0.274 e. The predicted octanol–water partition coefficient (Wildman–Crippen LogP) is 2.75. The molecule has 0 saturated heterocycles. The third-order valence-corrected chi connectivity index (χ3v) is 3.12. The minimum absolute atomic E-state index is 0.135. The van der Waals surface area contributed by atoms with Crippen molar-refractivity contribution in [3.8, 4) is 0 Å². The predicted molar refractivity (Wildman–Crippen MR) is 77.8 cm³/mol. The fourth-order valence-corrected chi connectivity index (χ4v) is 1.91. The fourth-order valence-electron chi connectivity index (χ4n) is 1.91. The first-order valence-corrected chi connectivity index (χ1v) is 6.80. The third kappa shape index (κ3) is 3.34. The number of carbonyl (C=O) groups excluding carboxylic acids is 1. The summed E-state index contributed by atoms with van der Waals surface area (Å²) < 4.78 is 13.5. The summed E-state index contributed by atoms with van der Waals surface area (Å²) >= 11 is 0. The monoisotopic (exact) mass is 286 g/mol. The van der Waals surface area contributed by atoms with Gasteiger partial charge in [-0.2, -0.15) is 0 Å². The summed E-state index contributed by atoms with van der Waals surface area (Å²) in [4.78, 5) is 20.6. The highest BCUT2D eigenvalue weighted by molar-refractivity contribution is 6.03. The van der Waals surface area contributed by atoms with Crippen LogP contribution >= 0.6 is 0 Å². The largest absolute Gasteiger partial charge is 0.351 e. The average Bonchev–Trinajstić information content (AvgIpc) is 3.24. The van der Waals surface area contributed by atoms with E-state index in [4.69, 9.17) is 0 Å². The number of hydrogen-bond acceptors (Lipinski definition) is 4. The van der Waals surface area contributed by atoms with Crippen molar-refractivity contribution in [1.29, 1.82) is 0 Å². The SMILES string of the molecule is Cc1cc(C(=O)Nc2ccccc2F)nc(NC2CC2)n1. The molecule has 0 unspecified atom stereocenters. The number of anilines is 2. The van der Waals surface area contributed by atoms with Crippen molar-refractivity contribution in [2.24, 2.45) is 0 Å². The molecule has 3 rings (SSSR count). The molecule has 1 fully saturated rings. The molecule has 5 nitrogen and oxygen atoms in total. The number of aromatic nitrogens is 2. The molecule has 2 N–H and O–H groups in total. The fraction of sp³-hybridized carbons (Fsp3) is 0.267. The summed E-state index contributed by atoms with van der Waals surface area (Å²) in [7, 11) is 0. The zero-order valence-electron chi connectivity index (χ0n) is 11.6. The Kier molecular flexibility index (Phi) is 3.51. The van der Waals surface area contributed by atoms with Gasteiger partial charge in [-0.05, 0) is 38.0 Å². The van der Waals surface area contributed by atoms with Crippen molar-refractivity contribution >= 4 is 17.5 Å². The van der Waals surface area contributed by atoms with E-state index < -0.39 is 11.7 Å². The molecule has 21 heavy (non-hydrogen) atoms. The lowest BCUT2D eigenvalue weighted by Gasteiger charge is -2.08. The molecule has 1 aliphatic carbocycles. The maximum absolute atomic E-state index is 13.5. The number of amides is 1. The first-order chi connectivity index (χ1) is 10.1. The summed E-state index contributed by atoms with van der Waals surface area (Å²) in [5.41, 5.74) is 1.04. The highest BCUT2D eigenvalue weighted by Gasteiger charge is 2.22. The van der Waals surface area contributed by atoms with Crippen molar-refractivity contribution in [1.82, 2.24) is 9.97 Å². The standard InChI is InChI=1S/C15H15FN4O/c1-9-8-13(20-15(17-9)18-10-6-7-10)14(21)19-12-5-3-2-4-11(12)16/h2-5,8,10H,6-7H2,1H3,(H,19,21)(H,17,18,20). The van der Waals surface area contributed by atoms with Crippen LogP contribution in [0.25, 0.3) is 0 Å². The van der Waals surface area contributed by atoms with Gasteiger partial charge >= 0.3 is 0 Å². The third-order valence-electron chi connectivity index (χ3n) is 3.12. The normalized spacial score (nSPS) is 13.8. The molecule has 108 valence electrons. The lowest BCUT2D eigenvalue weighted by atomic mass is 10.2. The molecule has 1 aromatic carbocycles. The van der Waals surface area contributed by atoms with Gasteiger partial charge in [-0.15, -0.1) is 0 Å². The molecule has 0 aliphatic heterocycles. The van der Waals surface area contributed by atoms with E-state index in [2.05, 4.69) is 20.6 Å². The number of carbonyl (C=O) groups is 1. The van der Waals surface area contributed by atoms with Crippen LogP contribution in [-0.4, -0.2) is 21.9 Å². The van der Waals surface area contributed by atoms with Gasteiger partial charge in [-0.1, -0.05) is 12.1 Å². The molecule has 1 saturated carbocycles. The van der Waals surface area contributed by atoms with Crippen LogP contribution in [0, 0.1) is 12.7 Å². The highest BCUT2D eigenvalue weighted by Crippen LogP contribution is 2.23. The molecule has 1 amide bonds. The number of aryl methyl sites for hydroxylation is 1. The van der Waals surface area contributed by atoms with E-state index in [0.717, 1.165) is 12.8 Å². The minimum atomic E-state index is -0.479. The van der Waals surface area contributed by atoms with Crippen molar-refractivity contribution < 1.29 is 9.18 Å². The maximum atomic E-state index is 13.5. The second kappa shape index (κ2) is 5.47. The molecule has 1 aliphatic rings. The summed E-state index contributed by atoms with van der Waals surface area (Å²) in [6.07, 6.45) is 2.18. The van der Waals surface area contributed by atoms with Crippen LogP contribution in [-0.2, 0) is 0 Å². The second-order valence-electron chi connectivity index (χ2n) is 5.07. The molecule has 0 spiro atoms. The number of rotatable bonds is 4. The molecule has 0 radical (unpaired) electrons. The van der Waals surface area contributed by atoms with E-state index in [1.54, 1.807) is 25.1 Å². The van der Waals surface area contributed by atoms with Crippen LogP contribution in [0.1, 0.15) is 29.0 Å². The van der Waals surface area contributed by atoms with E-state index in [1.807, 2.05) is 0 Å². The van der Waals surface area contributed by atoms with Crippen molar-refractivity contribution in [2.75, 3.05) is 10.6 Å². The van der Waals surface area contributed by atoms with E-state index in [0.29, 0.717) is 17.7 Å². The van der Waals surface area contributed by atoms with Gasteiger partial charge in [-0.3, -0.25) is 4.79 Å². The van der Waals surface area contributed by atoms with Gasteiger partial charge in [0.2, 0.25) is 5.95 Å². The smallest absolute Gasteiger partial charge is 0.274 e. The summed E-state index contributed by atoms with van der Waals surface area (Å²) in [6.45, 7) is 1.79. The second-order valence-corrected chi connectivity index (χ2v) is 5.07. The van der Waals surface area contributed by atoms with Crippen molar-refractivity contribution in [2.45, 2.75) is 25.8 Å². The Labute approximate surface area is 121 Å². The van der Waals surface area contributed by atoms with Crippen LogP contribution in [0.3, 0.4) is 0 Å². The van der Waals surface area contributed by atoms with Gasteiger partial charge < -0.3 is 10.6 Å². The Morgan fingerprint density at radius 2 is 2.05 bits per heavy atom. The summed E-state index contributed by atoms with van der Waals surface area (Å²) in [5, 5.41) is 5.67. The lowest BCUT2D eigenvalue weighted by Crippen LogP contribution is -2.17. The summed E-state index contributed by atoms with van der Waals surface area (Å²) in [5.74, 6) is -0.492. The van der Waals surface area contributed by atoms with Crippen LogP contribution in [0.2, 0.25) is 0 Å². The zero-order chi connectivity index (χ0) is 14.8. The minimum Gasteiger partial charge on any atom is -0.351 e. The van der Waals surface area contributed by atoms with Crippen LogP contribution < -0.4 is 10.6 Å². The topological polar surface area (TPSA) is 66.9 Å². The van der Waals surface area contributed by atoms with E-state index >= 15 is 0 Å². The molecular formula is C15H15FN4O. The Morgan fingerprint density at radius 1 is 1.29 bits per heavy atom. The molecule has 0 bridgehead atoms. The van der Waals surface area contributed by atoms with Gasteiger partial charge in [0.15, 0.2) is 0 Å². The first kappa shape index (κ1) is 13.5. The Hall–Kier alpha value is -2.50. The summed E-state index contributed by atoms with van der Waals surface area (Å²) in [6, 6.07) is 8.00. The quantitative estimate of drug-likeness (QED) is 0.907. The number of benzene rings is 1. The lowest BCUT2D eigenvalue weighted by molar-refractivity contribution is 0.102. The van der Waals surface area contributed by atoms with Gasteiger partial charge in [0.25, 0.3) is 5.91 Å². The van der Waals surface area contributed by atoms with Gasteiger partial charge in [0.1, 0.15) is 11.5 Å².